The molecule has 1 unspecified atom stereocenters. The van der Waals surface area contributed by atoms with E-state index in [1.165, 1.54) is 44.1 Å². The van der Waals surface area contributed by atoms with Gasteiger partial charge in [0.25, 0.3) is 0 Å². The number of nitrogens with one attached hydrogen (secondary N) is 1. The quantitative estimate of drug-likeness (QED) is 0.798. The highest BCUT2D eigenvalue weighted by molar-refractivity contribution is 5.18. The van der Waals surface area contributed by atoms with Gasteiger partial charge in [-0.05, 0) is 31.7 Å². The second kappa shape index (κ2) is 7.06. The molecular weight excluding hydrogens is 232 g/mol. The van der Waals surface area contributed by atoms with Crippen LogP contribution in [-0.4, -0.2) is 18.1 Å². The van der Waals surface area contributed by atoms with Crippen molar-refractivity contribution in [1.29, 1.82) is 0 Å². The van der Waals surface area contributed by atoms with Crippen molar-refractivity contribution >= 4 is 0 Å². The van der Waals surface area contributed by atoms with Crippen molar-refractivity contribution in [1.82, 2.24) is 5.32 Å². The molecule has 0 radical (unpaired) electrons. The molecule has 2 heteroatoms. The van der Waals surface area contributed by atoms with Gasteiger partial charge in [0, 0.05) is 18.1 Å². The lowest BCUT2D eigenvalue weighted by atomic mass is 9.91. The van der Waals surface area contributed by atoms with E-state index in [1.54, 1.807) is 0 Å². The Morgan fingerprint density at radius 1 is 1.11 bits per heavy atom. The molecule has 1 atom stereocenters. The Labute approximate surface area is 117 Å². The summed E-state index contributed by atoms with van der Waals surface area (Å²) >= 11 is 0. The summed E-state index contributed by atoms with van der Waals surface area (Å²) in [6.45, 7) is 2.96. The predicted octanol–water partition coefficient (Wildman–Crippen LogP) is 3.26. The van der Waals surface area contributed by atoms with Crippen LogP contribution in [0.25, 0.3) is 0 Å². The van der Waals surface area contributed by atoms with Crippen LogP contribution in [0.3, 0.4) is 0 Å². The van der Waals surface area contributed by atoms with Crippen molar-refractivity contribution in [3.63, 3.8) is 0 Å². The van der Waals surface area contributed by atoms with Crippen molar-refractivity contribution in [2.75, 3.05) is 6.54 Å². The molecule has 0 bridgehead atoms. The summed E-state index contributed by atoms with van der Waals surface area (Å²) in [5.41, 5.74) is 7.44. The van der Waals surface area contributed by atoms with Gasteiger partial charge in [0.05, 0.1) is 0 Å². The third kappa shape index (κ3) is 4.63. The fourth-order valence-electron chi connectivity index (χ4n) is 3.15. The Hall–Kier alpha value is -0.860. The second-order valence-corrected chi connectivity index (χ2v) is 6.26. The van der Waals surface area contributed by atoms with Crippen LogP contribution in [0.15, 0.2) is 30.3 Å². The molecule has 19 heavy (non-hydrogen) atoms. The SMILES string of the molecule is CC(CN)(Cc1ccccc1)NC1CCCCCC1. The molecule has 3 N–H and O–H groups in total. The van der Waals surface area contributed by atoms with Gasteiger partial charge in [-0.25, -0.2) is 0 Å². The highest BCUT2D eigenvalue weighted by Gasteiger charge is 2.26. The molecule has 106 valence electrons. The van der Waals surface area contributed by atoms with Crippen LogP contribution in [0, 0.1) is 0 Å². The Morgan fingerprint density at radius 2 is 1.74 bits per heavy atom. The zero-order valence-corrected chi connectivity index (χ0v) is 12.2. The Balaban J connectivity index is 1.96. The van der Waals surface area contributed by atoms with E-state index in [0.717, 1.165) is 6.42 Å². The molecule has 1 aromatic rings. The van der Waals surface area contributed by atoms with Crippen LogP contribution in [0.2, 0.25) is 0 Å². The van der Waals surface area contributed by atoms with E-state index in [1.807, 2.05) is 0 Å². The maximum absolute atomic E-state index is 6.05. The van der Waals surface area contributed by atoms with E-state index in [4.69, 9.17) is 5.73 Å². The summed E-state index contributed by atoms with van der Waals surface area (Å²) in [5.74, 6) is 0. The van der Waals surface area contributed by atoms with Gasteiger partial charge >= 0.3 is 0 Å². The van der Waals surface area contributed by atoms with Gasteiger partial charge in [-0.2, -0.15) is 0 Å². The zero-order chi connectivity index (χ0) is 13.6. The van der Waals surface area contributed by atoms with Crippen molar-refractivity contribution in [3.8, 4) is 0 Å². The molecule has 0 aromatic heterocycles. The summed E-state index contributed by atoms with van der Waals surface area (Å²) in [6.07, 6.45) is 9.16. The summed E-state index contributed by atoms with van der Waals surface area (Å²) in [4.78, 5) is 0. The van der Waals surface area contributed by atoms with Crippen molar-refractivity contribution < 1.29 is 0 Å². The minimum atomic E-state index is 0.0242. The molecule has 0 amide bonds. The first-order valence-electron chi connectivity index (χ1n) is 7.73. The third-order valence-corrected chi connectivity index (χ3v) is 4.30. The van der Waals surface area contributed by atoms with Gasteiger partial charge in [0.2, 0.25) is 0 Å². The Morgan fingerprint density at radius 3 is 2.32 bits per heavy atom. The van der Waals surface area contributed by atoms with Gasteiger partial charge in [0.1, 0.15) is 0 Å². The van der Waals surface area contributed by atoms with Crippen LogP contribution < -0.4 is 11.1 Å². The van der Waals surface area contributed by atoms with Crippen molar-refractivity contribution in [3.05, 3.63) is 35.9 Å². The number of benzene rings is 1. The number of rotatable bonds is 5. The lowest BCUT2D eigenvalue weighted by molar-refractivity contribution is 0.295. The maximum Gasteiger partial charge on any atom is 0.0318 e. The summed E-state index contributed by atoms with van der Waals surface area (Å²) in [7, 11) is 0. The molecule has 0 saturated heterocycles. The molecule has 1 fully saturated rings. The first kappa shape index (κ1) is 14.5. The second-order valence-electron chi connectivity index (χ2n) is 6.26. The summed E-state index contributed by atoms with van der Waals surface area (Å²) < 4.78 is 0. The van der Waals surface area contributed by atoms with Crippen molar-refractivity contribution in [2.45, 2.75) is 63.5 Å². The maximum atomic E-state index is 6.05. The summed E-state index contributed by atoms with van der Waals surface area (Å²) in [6, 6.07) is 11.3. The smallest absolute Gasteiger partial charge is 0.0318 e. The van der Waals surface area contributed by atoms with Crippen LogP contribution in [0.4, 0.5) is 0 Å². The van der Waals surface area contributed by atoms with E-state index in [2.05, 4.69) is 42.6 Å². The lowest BCUT2D eigenvalue weighted by Gasteiger charge is -2.34. The van der Waals surface area contributed by atoms with Crippen LogP contribution in [0.1, 0.15) is 51.0 Å². The molecule has 1 aliphatic rings. The van der Waals surface area contributed by atoms with Crippen LogP contribution in [0.5, 0.6) is 0 Å². The van der Waals surface area contributed by atoms with Gasteiger partial charge in [-0.15, -0.1) is 0 Å². The van der Waals surface area contributed by atoms with Crippen LogP contribution >= 0.6 is 0 Å². The van der Waals surface area contributed by atoms with E-state index < -0.39 is 0 Å². The highest BCUT2D eigenvalue weighted by Crippen LogP contribution is 2.21. The minimum Gasteiger partial charge on any atom is -0.329 e. The standard InChI is InChI=1S/C17H28N2/c1-17(14-18,13-15-9-5-4-6-10-15)19-16-11-7-2-3-8-12-16/h4-6,9-10,16,19H,2-3,7-8,11-14,18H2,1H3. The first-order chi connectivity index (χ1) is 9.22. The van der Waals surface area contributed by atoms with Gasteiger partial charge in [-0.3, -0.25) is 0 Å². The molecule has 1 saturated carbocycles. The fourth-order valence-corrected chi connectivity index (χ4v) is 3.15. The number of hydrogen-bond acceptors (Lipinski definition) is 2. The molecular formula is C17H28N2. The molecule has 0 spiro atoms. The minimum absolute atomic E-state index is 0.0242. The lowest BCUT2D eigenvalue weighted by Crippen LogP contribution is -2.54. The topological polar surface area (TPSA) is 38.0 Å². The predicted molar refractivity (Wildman–Crippen MR) is 82.2 cm³/mol. The molecule has 2 rings (SSSR count). The Kier molecular flexibility index (Phi) is 5.41. The third-order valence-electron chi connectivity index (χ3n) is 4.30. The summed E-state index contributed by atoms with van der Waals surface area (Å²) in [5, 5.41) is 3.85. The van der Waals surface area contributed by atoms with Gasteiger partial charge in [0.15, 0.2) is 0 Å². The Bertz CT molecular complexity index is 355. The molecule has 2 nitrogen and oxygen atoms in total. The average Bonchev–Trinajstić information content (AvgIpc) is 2.68. The molecule has 0 heterocycles. The average molecular weight is 260 g/mol. The van der Waals surface area contributed by atoms with E-state index in [0.29, 0.717) is 12.6 Å². The van der Waals surface area contributed by atoms with E-state index in [-0.39, 0.29) is 5.54 Å². The van der Waals surface area contributed by atoms with E-state index in [9.17, 15) is 0 Å². The highest BCUT2D eigenvalue weighted by atomic mass is 15.0. The van der Waals surface area contributed by atoms with Gasteiger partial charge < -0.3 is 11.1 Å². The first-order valence-corrected chi connectivity index (χ1v) is 7.73. The monoisotopic (exact) mass is 260 g/mol. The number of nitrogens with two attached hydrogens (primary N) is 1. The zero-order valence-electron chi connectivity index (χ0n) is 12.2. The van der Waals surface area contributed by atoms with Crippen LogP contribution in [-0.2, 0) is 6.42 Å². The normalized spacial score (nSPS) is 20.7. The van der Waals surface area contributed by atoms with Gasteiger partial charge in [-0.1, -0.05) is 56.0 Å². The van der Waals surface area contributed by atoms with Crippen molar-refractivity contribution in [2.24, 2.45) is 5.73 Å². The number of hydrogen-bond donors (Lipinski definition) is 2. The molecule has 0 aliphatic heterocycles. The molecule has 1 aliphatic carbocycles. The van der Waals surface area contributed by atoms with E-state index >= 15 is 0 Å². The largest absolute Gasteiger partial charge is 0.329 e. The molecule has 1 aromatic carbocycles. The fraction of sp³-hybridized carbons (Fsp3) is 0.647.